The molecule has 2 rings (SSSR count). The van der Waals surface area contributed by atoms with Gasteiger partial charge >= 0.3 is 0 Å². The van der Waals surface area contributed by atoms with Crippen molar-refractivity contribution in [3.63, 3.8) is 0 Å². The Morgan fingerprint density at radius 2 is 2.00 bits per heavy atom. The van der Waals surface area contributed by atoms with E-state index in [9.17, 15) is 18.4 Å². The molecule has 0 aliphatic carbocycles. The van der Waals surface area contributed by atoms with Crippen molar-refractivity contribution in [1.82, 2.24) is 5.32 Å². The fourth-order valence-electron chi connectivity index (χ4n) is 1.43. The Balaban J connectivity index is 2.36. The zero-order valence-electron chi connectivity index (χ0n) is 8.09. The van der Waals surface area contributed by atoms with Crippen LogP contribution in [0.2, 0.25) is 0 Å². The minimum absolute atomic E-state index is 0.0738. The first kappa shape index (κ1) is 10.5. The molecule has 1 saturated heterocycles. The predicted molar refractivity (Wildman–Crippen MR) is 52.1 cm³/mol. The molecule has 0 bridgehead atoms. The predicted octanol–water partition coefficient (Wildman–Crippen LogP) is 1.39. The SMILES string of the molecule is O=C1CC(=Cc2ccc(F)cc2F)C(=O)N1. The molecule has 16 heavy (non-hydrogen) atoms. The number of imide groups is 1. The third kappa shape index (κ3) is 1.98. The Morgan fingerprint density at radius 3 is 2.56 bits per heavy atom. The molecule has 0 atom stereocenters. The maximum Gasteiger partial charge on any atom is 0.254 e. The first-order chi connectivity index (χ1) is 7.56. The maximum absolute atomic E-state index is 13.2. The van der Waals surface area contributed by atoms with E-state index in [1.54, 1.807) is 0 Å². The second-order valence-electron chi connectivity index (χ2n) is 3.39. The van der Waals surface area contributed by atoms with Gasteiger partial charge in [-0.2, -0.15) is 0 Å². The molecule has 2 amide bonds. The maximum atomic E-state index is 13.2. The summed E-state index contributed by atoms with van der Waals surface area (Å²) in [6.07, 6.45) is 1.17. The van der Waals surface area contributed by atoms with Gasteiger partial charge in [-0.15, -0.1) is 0 Å². The molecule has 1 fully saturated rings. The van der Waals surface area contributed by atoms with Crippen molar-refractivity contribution in [2.45, 2.75) is 6.42 Å². The van der Waals surface area contributed by atoms with Gasteiger partial charge in [0.1, 0.15) is 11.6 Å². The third-order valence-electron chi connectivity index (χ3n) is 2.19. The van der Waals surface area contributed by atoms with E-state index in [1.807, 2.05) is 0 Å². The molecule has 0 aromatic heterocycles. The van der Waals surface area contributed by atoms with Crippen LogP contribution in [0.5, 0.6) is 0 Å². The highest BCUT2D eigenvalue weighted by molar-refractivity contribution is 6.15. The summed E-state index contributed by atoms with van der Waals surface area (Å²) in [5.41, 5.74) is 0.261. The van der Waals surface area contributed by atoms with Crippen LogP contribution in [0.25, 0.3) is 6.08 Å². The molecule has 1 aromatic carbocycles. The average Bonchev–Trinajstić information content (AvgIpc) is 2.50. The van der Waals surface area contributed by atoms with Gasteiger partial charge in [0.25, 0.3) is 5.91 Å². The van der Waals surface area contributed by atoms with Gasteiger partial charge < -0.3 is 0 Å². The number of rotatable bonds is 1. The zero-order valence-corrected chi connectivity index (χ0v) is 8.09. The van der Waals surface area contributed by atoms with Crippen molar-refractivity contribution >= 4 is 17.9 Å². The van der Waals surface area contributed by atoms with Gasteiger partial charge in [0, 0.05) is 17.2 Å². The van der Waals surface area contributed by atoms with Crippen LogP contribution in [0.4, 0.5) is 8.78 Å². The highest BCUT2D eigenvalue weighted by atomic mass is 19.1. The fraction of sp³-hybridized carbons (Fsp3) is 0.0909. The lowest BCUT2D eigenvalue weighted by atomic mass is 10.1. The summed E-state index contributed by atoms with van der Waals surface area (Å²) >= 11 is 0. The monoisotopic (exact) mass is 223 g/mol. The lowest BCUT2D eigenvalue weighted by Gasteiger charge is -1.98. The molecular weight excluding hydrogens is 216 g/mol. The van der Waals surface area contributed by atoms with E-state index in [-0.39, 0.29) is 17.6 Å². The average molecular weight is 223 g/mol. The molecule has 3 nitrogen and oxygen atoms in total. The summed E-state index contributed by atoms with van der Waals surface area (Å²) in [6, 6.07) is 3.03. The van der Waals surface area contributed by atoms with E-state index in [4.69, 9.17) is 0 Å². The van der Waals surface area contributed by atoms with Crippen molar-refractivity contribution in [2.75, 3.05) is 0 Å². The minimum atomic E-state index is -0.764. The van der Waals surface area contributed by atoms with Gasteiger partial charge in [-0.1, -0.05) is 0 Å². The van der Waals surface area contributed by atoms with Gasteiger partial charge in [-0.3, -0.25) is 14.9 Å². The summed E-state index contributed by atoms with van der Waals surface area (Å²) < 4.78 is 25.8. The highest BCUT2D eigenvalue weighted by Gasteiger charge is 2.23. The van der Waals surface area contributed by atoms with Crippen LogP contribution in [0.1, 0.15) is 12.0 Å². The number of carbonyl (C=O) groups is 2. The van der Waals surface area contributed by atoms with Crippen molar-refractivity contribution in [1.29, 1.82) is 0 Å². The number of nitrogens with one attached hydrogen (secondary N) is 1. The first-order valence-electron chi connectivity index (χ1n) is 4.56. The molecular formula is C11H7F2NO2. The van der Waals surface area contributed by atoms with Crippen molar-refractivity contribution in [3.05, 3.63) is 41.0 Å². The smallest absolute Gasteiger partial charge is 0.254 e. The summed E-state index contributed by atoms with van der Waals surface area (Å²) in [7, 11) is 0. The second kappa shape index (κ2) is 3.84. The van der Waals surface area contributed by atoms with Crippen LogP contribution in [-0.2, 0) is 9.59 Å². The Morgan fingerprint density at radius 1 is 1.25 bits per heavy atom. The Labute approximate surface area is 89.8 Å². The van der Waals surface area contributed by atoms with Gasteiger partial charge in [0.05, 0.1) is 6.42 Å². The first-order valence-corrected chi connectivity index (χ1v) is 4.56. The van der Waals surface area contributed by atoms with Crippen LogP contribution >= 0.6 is 0 Å². The molecule has 5 heteroatoms. The molecule has 1 aromatic rings. The van der Waals surface area contributed by atoms with Crippen molar-refractivity contribution in [3.8, 4) is 0 Å². The second-order valence-corrected chi connectivity index (χ2v) is 3.39. The van der Waals surface area contributed by atoms with E-state index in [2.05, 4.69) is 5.32 Å². The fourth-order valence-corrected chi connectivity index (χ4v) is 1.43. The molecule has 0 spiro atoms. The Hall–Kier alpha value is -2.04. The lowest BCUT2D eigenvalue weighted by molar-refractivity contribution is -0.124. The lowest BCUT2D eigenvalue weighted by Crippen LogP contribution is -2.19. The standard InChI is InChI=1S/C11H7F2NO2/c12-8-2-1-6(9(13)5-8)3-7-4-10(15)14-11(7)16/h1-3,5H,4H2,(H,14,15,16). The summed E-state index contributed by atoms with van der Waals surface area (Å²) in [6.45, 7) is 0. The van der Waals surface area contributed by atoms with E-state index < -0.39 is 23.4 Å². The van der Waals surface area contributed by atoms with Gasteiger partial charge in [0.15, 0.2) is 0 Å². The largest absolute Gasteiger partial charge is 0.292 e. The van der Waals surface area contributed by atoms with Gasteiger partial charge in [0.2, 0.25) is 5.91 Å². The van der Waals surface area contributed by atoms with E-state index in [1.165, 1.54) is 12.1 Å². The number of carbonyl (C=O) groups excluding carboxylic acids is 2. The third-order valence-corrected chi connectivity index (χ3v) is 2.19. The van der Waals surface area contributed by atoms with Crippen LogP contribution in [-0.4, -0.2) is 11.8 Å². The van der Waals surface area contributed by atoms with E-state index in [0.29, 0.717) is 0 Å². The van der Waals surface area contributed by atoms with Crippen molar-refractivity contribution < 1.29 is 18.4 Å². The molecule has 0 saturated carbocycles. The van der Waals surface area contributed by atoms with Crippen molar-refractivity contribution in [2.24, 2.45) is 0 Å². The number of halogens is 2. The van der Waals surface area contributed by atoms with E-state index >= 15 is 0 Å². The van der Waals surface area contributed by atoms with Crippen LogP contribution < -0.4 is 5.32 Å². The number of hydrogen-bond donors (Lipinski definition) is 1. The summed E-state index contributed by atoms with van der Waals surface area (Å²) in [5, 5.41) is 2.08. The van der Waals surface area contributed by atoms with Gasteiger partial charge in [-0.05, 0) is 18.2 Å². The normalized spacial score (nSPS) is 18.0. The summed E-state index contributed by atoms with van der Waals surface area (Å²) in [4.78, 5) is 22.0. The molecule has 1 N–H and O–H groups in total. The number of hydrogen-bond acceptors (Lipinski definition) is 2. The molecule has 82 valence electrons. The molecule has 1 aliphatic heterocycles. The quantitative estimate of drug-likeness (QED) is 0.577. The van der Waals surface area contributed by atoms with Gasteiger partial charge in [-0.25, -0.2) is 8.78 Å². The van der Waals surface area contributed by atoms with Crippen LogP contribution in [0.3, 0.4) is 0 Å². The minimum Gasteiger partial charge on any atom is -0.292 e. The summed E-state index contributed by atoms with van der Waals surface area (Å²) in [5.74, 6) is -2.40. The highest BCUT2D eigenvalue weighted by Crippen LogP contribution is 2.17. The Kier molecular flexibility index (Phi) is 2.52. The molecule has 1 heterocycles. The number of benzene rings is 1. The molecule has 0 radical (unpaired) electrons. The van der Waals surface area contributed by atoms with E-state index in [0.717, 1.165) is 12.1 Å². The molecule has 0 unspecified atom stereocenters. The topological polar surface area (TPSA) is 46.2 Å². The zero-order chi connectivity index (χ0) is 11.7. The van der Waals surface area contributed by atoms with Crippen LogP contribution in [0, 0.1) is 11.6 Å². The van der Waals surface area contributed by atoms with Crippen LogP contribution in [0.15, 0.2) is 23.8 Å². The molecule has 1 aliphatic rings. The Bertz CT molecular complexity index is 509. The number of amides is 2.